The molecule has 12 heavy (non-hydrogen) atoms. The maximum atomic E-state index is 10.5. The molecule has 2 atom stereocenters. The van der Waals surface area contributed by atoms with E-state index in [9.17, 15) is 9.59 Å². The van der Waals surface area contributed by atoms with E-state index >= 15 is 0 Å². The summed E-state index contributed by atoms with van der Waals surface area (Å²) in [5.41, 5.74) is 0.0250. The minimum Gasteiger partial charge on any atom is -0.466 e. The number of ether oxygens (including phenoxy) is 1. The van der Waals surface area contributed by atoms with Gasteiger partial charge in [0.25, 0.3) is 0 Å². The van der Waals surface area contributed by atoms with Gasteiger partial charge in [-0.1, -0.05) is 13.8 Å². The molecule has 3 nitrogen and oxygen atoms in total. The van der Waals surface area contributed by atoms with Crippen molar-refractivity contribution in [3.8, 4) is 0 Å². The normalized spacial score (nSPS) is 30.9. The summed E-state index contributed by atoms with van der Waals surface area (Å²) in [6.45, 7) is 5.79. The van der Waals surface area contributed by atoms with Gasteiger partial charge in [0.2, 0.25) is 0 Å². The SMILES string of the molecule is CC(=O)OCC1[C@@H](C=O)C1(C)C. The standard InChI is InChI=1S/C9H14O3/c1-6(11)12-5-8-7(4-10)9(8,2)3/h4,7-8H,5H2,1-3H3/t7-,8?/m1/s1. The van der Waals surface area contributed by atoms with Crippen LogP contribution in [0.1, 0.15) is 20.8 Å². The van der Waals surface area contributed by atoms with E-state index in [0.717, 1.165) is 6.29 Å². The maximum absolute atomic E-state index is 10.5. The average Bonchev–Trinajstić information content (AvgIpc) is 2.48. The van der Waals surface area contributed by atoms with Crippen molar-refractivity contribution in [2.75, 3.05) is 6.61 Å². The fraction of sp³-hybridized carbons (Fsp3) is 0.778. The monoisotopic (exact) mass is 170 g/mol. The molecule has 0 aromatic rings. The van der Waals surface area contributed by atoms with Crippen molar-refractivity contribution in [2.24, 2.45) is 17.3 Å². The van der Waals surface area contributed by atoms with Crippen LogP contribution >= 0.6 is 0 Å². The highest BCUT2D eigenvalue weighted by atomic mass is 16.5. The van der Waals surface area contributed by atoms with Crippen molar-refractivity contribution in [1.29, 1.82) is 0 Å². The van der Waals surface area contributed by atoms with Gasteiger partial charge in [-0.3, -0.25) is 4.79 Å². The van der Waals surface area contributed by atoms with Crippen molar-refractivity contribution in [3.05, 3.63) is 0 Å². The molecular weight excluding hydrogens is 156 g/mol. The summed E-state index contributed by atoms with van der Waals surface area (Å²) in [7, 11) is 0. The quantitative estimate of drug-likeness (QED) is 0.469. The molecule has 0 heterocycles. The van der Waals surface area contributed by atoms with Crippen LogP contribution in [0.2, 0.25) is 0 Å². The van der Waals surface area contributed by atoms with E-state index in [1.807, 2.05) is 13.8 Å². The highest BCUT2D eigenvalue weighted by Gasteiger charge is 2.58. The molecule has 0 bridgehead atoms. The van der Waals surface area contributed by atoms with E-state index in [4.69, 9.17) is 4.74 Å². The van der Waals surface area contributed by atoms with Crippen molar-refractivity contribution in [3.63, 3.8) is 0 Å². The molecule has 0 saturated heterocycles. The lowest BCUT2D eigenvalue weighted by Crippen LogP contribution is -2.05. The second kappa shape index (κ2) is 2.88. The van der Waals surface area contributed by atoms with Gasteiger partial charge in [0.15, 0.2) is 0 Å². The van der Waals surface area contributed by atoms with E-state index in [-0.39, 0.29) is 23.2 Å². The Balaban J connectivity index is 2.37. The molecule has 1 aliphatic rings. The molecule has 0 amide bonds. The van der Waals surface area contributed by atoms with Gasteiger partial charge in [0.1, 0.15) is 6.29 Å². The largest absolute Gasteiger partial charge is 0.466 e. The summed E-state index contributed by atoms with van der Waals surface area (Å²) in [5, 5.41) is 0. The van der Waals surface area contributed by atoms with Crippen LogP contribution in [-0.4, -0.2) is 18.9 Å². The molecule has 1 fully saturated rings. The molecule has 1 aliphatic carbocycles. The Morgan fingerprint density at radius 2 is 2.17 bits per heavy atom. The molecule has 1 rings (SSSR count). The van der Waals surface area contributed by atoms with E-state index in [0.29, 0.717) is 6.61 Å². The predicted molar refractivity (Wildman–Crippen MR) is 43.5 cm³/mol. The first kappa shape index (κ1) is 9.23. The summed E-state index contributed by atoms with van der Waals surface area (Å²) < 4.78 is 4.84. The Kier molecular flexibility index (Phi) is 2.22. The van der Waals surface area contributed by atoms with Crippen LogP contribution in [0.15, 0.2) is 0 Å². The molecule has 0 radical (unpaired) electrons. The van der Waals surface area contributed by atoms with Crippen LogP contribution in [0.3, 0.4) is 0 Å². The van der Waals surface area contributed by atoms with Crippen LogP contribution in [-0.2, 0) is 14.3 Å². The first-order valence-corrected chi connectivity index (χ1v) is 4.08. The lowest BCUT2D eigenvalue weighted by Gasteiger charge is -2.01. The van der Waals surface area contributed by atoms with E-state index in [2.05, 4.69) is 0 Å². The summed E-state index contributed by atoms with van der Waals surface area (Å²) >= 11 is 0. The smallest absolute Gasteiger partial charge is 0.302 e. The Morgan fingerprint density at radius 1 is 1.58 bits per heavy atom. The second-order valence-corrected chi connectivity index (χ2v) is 3.89. The third kappa shape index (κ3) is 1.49. The maximum Gasteiger partial charge on any atom is 0.302 e. The number of carbonyl (C=O) groups excluding carboxylic acids is 2. The Morgan fingerprint density at radius 3 is 2.50 bits per heavy atom. The van der Waals surface area contributed by atoms with Crippen LogP contribution in [0.25, 0.3) is 0 Å². The summed E-state index contributed by atoms with van der Waals surface area (Å²) in [5.74, 6) is 0.0121. The minimum absolute atomic E-state index is 0.0250. The zero-order valence-corrected chi connectivity index (χ0v) is 7.66. The molecule has 0 N–H and O–H groups in total. The Labute approximate surface area is 72.1 Å². The van der Waals surface area contributed by atoms with Crippen molar-refractivity contribution < 1.29 is 14.3 Å². The van der Waals surface area contributed by atoms with Gasteiger partial charge in [-0.25, -0.2) is 0 Å². The van der Waals surface area contributed by atoms with Gasteiger partial charge in [-0.05, 0) is 5.41 Å². The van der Waals surface area contributed by atoms with E-state index in [1.165, 1.54) is 6.92 Å². The fourth-order valence-corrected chi connectivity index (χ4v) is 1.58. The van der Waals surface area contributed by atoms with Gasteiger partial charge in [-0.15, -0.1) is 0 Å². The van der Waals surface area contributed by atoms with Gasteiger partial charge >= 0.3 is 5.97 Å². The van der Waals surface area contributed by atoms with Gasteiger partial charge < -0.3 is 9.53 Å². The van der Waals surface area contributed by atoms with Crippen LogP contribution in [0.5, 0.6) is 0 Å². The average molecular weight is 170 g/mol. The third-order valence-corrected chi connectivity index (χ3v) is 2.75. The first-order chi connectivity index (χ1) is 5.50. The van der Waals surface area contributed by atoms with Crippen LogP contribution < -0.4 is 0 Å². The Hall–Kier alpha value is -0.860. The topological polar surface area (TPSA) is 43.4 Å². The van der Waals surface area contributed by atoms with Gasteiger partial charge in [0.05, 0.1) is 6.61 Å². The minimum atomic E-state index is -0.276. The fourth-order valence-electron chi connectivity index (χ4n) is 1.58. The van der Waals surface area contributed by atoms with Crippen molar-refractivity contribution in [1.82, 2.24) is 0 Å². The Bertz CT molecular complexity index is 208. The number of rotatable bonds is 3. The zero-order valence-electron chi connectivity index (χ0n) is 7.66. The zero-order chi connectivity index (χ0) is 9.35. The number of aldehydes is 1. The highest BCUT2D eigenvalue weighted by Crippen LogP contribution is 2.56. The molecule has 0 aromatic heterocycles. The molecule has 1 unspecified atom stereocenters. The lowest BCUT2D eigenvalue weighted by molar-refractivity contribution is -0.141. The van der Waals surface area contributed by atoms with Crippen LogP contribution in [0, 0.1) is 17.3 Å². The number of carbonyl (C=O) groups is 2. The number of esters is 1. The van der Waals surface area contributed by atoms with Gasteiger partial charge in [0, 0.05) is 18.8 Å². The predicted octanol–water partition coefficient (Wildman–Crippen LogP) is 1.02. The summed E-state index contributed by atoms with van der Waals surface area (Å²) in [4.78, 5) is 21.0. The molecule has 68 valence electrons. The van der Waals surface area contributed by atoms with Gasteiger partial charge in [-0.2, -0.15) is 0 Å². The molecule has 0 aromatic carbocycles. The first-order valence-electron chi connectivity index (χ1n) is 4.08. The highest BCUT2D eigenvalue weighted by molar-refractivity contribution is 5.66. The number of hydrogen-bond acceptors (Lipinski definition) is 3. The summed E-state index contributed by atoms with van der Waals surface area (Å²) in [6.07, 6.45) is 0.953. The van der Waals surface area contributed by atoms with E-state index < -0.39 is 0 Å². The molecule has 0 spiro atoms. The molecule has 3 heteroatoms. The number of hydrogen-bond donors (Lipinski definition) is 0. The third-order valence-electron chi connectivity index (χ3n) is 2.75. The van der Waals surface area contributed by atoms with Crippen molar-refractivity contribution >= 4 is 12.3 Å². The molecule has 1 saturated carbocycles. The second-order valence-electron chi connectivity index (χ2n) is 3.89. The molecule has 0 aliphatic heterocycles. The molecular formula is C9H14O3. The lowest BCUT2D eigenvalue weighted by atomic mass is 10.1. The van der Waals surface area contributed by atoms with E-state index in [1.54, 1.807) is 0 Å². The summed E-state index contributed by atoms with van der Waals surface area (Å²) in [6, 6.07) is 0. The van der Waals surface area contributed by atoms with Crippen molar-refractivity contribution in [2.45, 2.75) is 20.8 Å². The van der Waals surface area contributed by atoms with Crippen LogP contribution in [0.4, 0.5) is 0 Å².